The van der Waals surface area contributed by atoms with Crippen molar-refractivity contribution in [3.8, 4) is 6.07 Å². The standard InChI is InChI=1S/C13H22N2O2/c1-2-11(9-16)15-12(17)13(10-14)7-5-3-4-6-8-13/h11,16H,2-9H2,1H3,(H,15,17). The Balaban J connectivity index is 2.71. The minimum atomic E-state index is -0.862. The molecule has 0 saturated heterocycles. The molecular weight excluding hydrogens is 216 g/mol. The SMILES string of the molecule is CCC(CO)NC(=O)C1(C#N)CCCCCC1. The van der Waals surface area contributed by atoms with Gasteiger partial charge >= 0.3 is 0 Å². The van der Waals surface area contributed by atoms with Crippen LogP contribution in [0.4, 0.5) is 0 Å². The van der Waals surface area contributed by atoms with Gasteiger partial charge < -0.3 is 10.4 Å². The highest BCUT2D eigenvalue weighted by atomic mass is 16.3. The van der Waals surface area contributed by atoms with Gasteiger partial charge in [0.15, 0.2) is 0 Å². The van der Waals surface area contributed by atoms with Crippen molar-refractivity contribution in [2.24, 2.45) is 5.41 Å². The van der Waals surface area contributed by atoms with E-state index in [0.29, 0.717) is 19.3 Å². The molecule has 1 saturated carbocycles. The second-order valence-corrected chi connectivity index (χ2v) is 4.87. The Morgan fingerprint density at radius 1 is 1.41 bits per heavy atom. The first kappa shape index (κ1) is 14.0. The van der Waals surface area contributed by atoms with Crippen LogP contribution in [0.15, 0.2) is 0 Å². The van der Waals surface area contributed by atoms with Gasteiger partial charge in [0.2, 0.25) is 5.91 Å². The monoisotopic (exact) mass is 238 g/mol. The number of nitriles is 1. The molecule has 17 heavy (non-hydrogen) atoms. The van der Waals surface area contributed by atoms with Crippen LogP contribution in [0.2, 0.25) is 0 Å². The van der Waals surface area contributed by atoms with Crippen LogP contribution < -0.4 is 5.32 Å². The topological polar surface area (TPSA) is 73.1 Å². The van der Waals surface area contributed by atoms with Crippen LogP contribution in [-0.2, 0) is 4.79 Å². The van der Waals surface area contributed by atoms with E-state index in [9.17, 15) is 10.1 Å². The molecule has 0 aromatic carbocycles. The lowest BCUT2D eigenvalue weighted by atomic mass is 9.80. The van der Waals surface area contributed by atoms with Gasteiger partial charge in [-0.15, -0.1) is 0 Å². The van der Waals surface area contributed by atoms with Crippen LogP contribution in [0.25, 0.3) is 0 Å². The molecule has 0 aromatic heterocycles. The second-order valence-electron chi connectivity index (χ2n) is 4.87. The molecular formula is C13H22N2O2. The highest BCUT2D eigenvalue weighted by Gasteiger charge is 2.39. The number of rotatable bonds is 4. The molecule has 2 N–H and O–H groups in total. The molecule has 1 rings (SSSR count). The first-order valence-electron chi connectivity index (χ1n) is 6.51. The molecule has 0 spiro atoms. The van der Waals surface area contributed by atoms with E-state index < -0.39 is 5.41 Å². The molecule has 96 valence electrons. The summed E-state index contributed by atoms with van der Waals surface area (Å²) in [5.41, 5.74) is -0.862. The van der Waals surface area contributed by atoms with Crippen molar-refractivity contribution in [1.82, 2.24) is 5.32 Å². The Kier molecular flexibility index (Phi) is 5.43. The molecule has 0 bridgehead atoms. The average Bonchev–Trinajstić information content (AvgIpc) is 2.61. The molecule has 0 aliphatic heterocycles. The van der Waals surface area contributed by atoms with E-state index in [1.54, 1.807) is 0 Å². The molecule has 4 nitrogen and oxygen atoms in total. The van der Waals surface area contributed by atoms with Crippen molar-refractivity contribution in [2.75, 3.05) is 6.61 Å². The highest BCUT2D eigenvalue weighted by Crippen LogP contribution is 2.34. The summed E-state index contributed by atoms with van der Waals surface area (Å²) in [4.78, 5) is 12.2. The molecule has 1 unspecified atom stereocenters. The maximum atomic E-state index is 12.2. The van der Waals surface area contributed by atoms with E-state index in [2.05, 4.69) is 11.4 Å². The molecule has 0 heterocycles. The maximum Gasteiger partial charge on any atom is 0.240 e. The van der Waals surface area contributed by atoms with Crippen molar-refractivity contribution < 1.29 is 9.90 Å². The van der Waals surface area contributed by atoms with Crippen molar-refractivity contribution in [3.63, 3.8) is 0 Å². The lowest BCUT2D eigenvalue weighted by molar-refractivity contribution is -0.129. The van der Waals surface area contributed by atoms with Gasteiger partial charge in [-0.2, -0.15) is 5.26 Å². The van der Waals surface area contributed by atoms with Gasteiger partial charge in [0, 0.05) is 0 Å². The fraction of sp³-hybridized carbons (Fsp3) is 0.846. The number of hydrogen-bond donors (Lipinski definition) is 2. The predicted molar refractivity (Wildman–Crippen MR) is 65.1 cm³/mol. The highest BCUT2D eigenvalue weighted by molar-refractivity contribution is 5.85. The smallest absolute Gasteiger partial charge is 0.240 e. The molecule has 1 atom stereocenters. The molecule has 1 aliphatic rings. The molecule has 0 radical (unpaired) electrons. The fourth-order valence-corrected chi connectivity index (χ4v) is 2.32. The molecule has 1 amide bonds. The van der Waals surface area contributed by atoms with Crippen LogP contribution >= 0.6 is 0 Å². The van der Waals surface area contributed by atoms with E-state index in [0.717, 1.165) is 25.7 Å². The Bertz CT molecular complexity index is 284. The molecule has 0 aromatic rings. The quantitative estimate of drug-likeness (QED) is 0.733. The number of aliphatic hydroxyl groups excluding tert-OH is 1. The number of hydrogen-bond acceptors (Lipinski definition) is 3. The zero-order valence-electron chi connectivity index (χ0n) is 10.5. The van der Waals surface area contributed by atoms with Crippen LogP contribution in [-0.4, -0.2) is 23.7 Å². The fourth-order valence-electron chi connectivity index (χ4n) is 2.32. The van der Waals surface area contributed by atoms with Crippen LogP contribution in [0.3, 0.4) is 0 Å². The van der Waals surface area contributed by atoms with E-state index in [-0.39, 0.29) is 18.6 Å². The number of carbonyl (C=O) groups is 1. The van der Waals surface area contributed by atoms with Gasteiger partial charge in [0.25, 0.3) is 0 Å². The first-order valence-corrected chi connectivity index (χ1v) is 6.51. The Hall–Kier alpha value is -1.08. The van der Waals surface area contributed by atoms with Gasteiger partial charge in [-0.05, 0) is 19.3 Å². The van der Waals surface area contributed by atoms with Gasteiger partial charge in [-0.3, -0.25) is 4.79 Å². The Morgan fingerprint density at radius 2 is 2.00 bits per heavy atom. The number of nitrogens with zero attached hydrogens (tertiary/aromatic N) is 1. The van der Waals surface area contributed by atoms with E-state index in [1.165, 1.54) is 0 Å². The maximum absolute atomic E-state index is 12.2. The Morgan fingerprint density at radius 3 is 2.41 bits per heavy atom. The summed E-state index contributed by atoms with van der Waals surface area (Å²) in [6.45, 7) is 1.84. The summed E-state index contributed by atoms with van der Waals surface area (Å²) < 4.78 is 0. The second kappa shape index (κ2) is 6.61. The van der Waals surface area contributed by atoms with Gasteiger partial charge in [-0.25, -0.2) is 0 Å². The Labute approximate surface area is 103 Å². The van der Waals surface area contributed by atoms with Crippen molar-refractivity contribution in [1.29, 1.82) is 5.26 Å². The van der Waals surface area contributed by atoms with Crippen molar-refractivity contribution in [2.45, 2.75) is 57.9 Å². The summed E-state index contributed by atoms with van der Waals surface area (Å²) in [6, 6.07) is 1.99. The minimum Gasteiger partial charge on any atom is -0.394 e. The van der Waals surface area contributed by atoms with Crippen LogP contribution in [0.5, 0.6) is 0 Å². The molecule has 1 fully saturated rings. The van der Waals surface area contributed by atoms with Gasteiger partial charge in [0.1, 0.15) is 5.41 Å². The lowest BCUT2D eigenvalue weighted by Gasteiger charge is -2.26. The van der Waals surface area contributed by atoms with Crippen molar-refractivity contribution in [3.05, 3.63) is 0 Å². The molecule has 4 heteroatoms. The third-order valence-electron chi connectivity index (χ3n) is 3.65. The zero-order valence-corrected chi connectivity index (χ0v) is 10.5. The largest absolute Gasteiger partial charge is 0.394 e. The third-order valence-corrected chi connectivity index (χ3v) is 3.65. The summed E-state index contributed by atoms with van der Waals surface area (Å²) in [6.07, 6.45) is 6.08. The number of aliphatic hydroxyl groups is 1. The van der Waals surface area contributed by atoms with Crippen LogP contribution in [0.1, 0.15) is 51.9 Å². The average molecular weight is 238 g/mol. The van der Waals surface area contributed by atoms with Crippen molar-refractivity contribution >= 4 is 5.91 Å². The van der Waals surface area contributed by atoms with Gasteiger partial charge in [-0.1, -0.05) is 32.6 Å². The summed E-state index contributed by atoms with van der Waals surface area (Å²) in [5.74, 6) is -0.192. The van der Waals surface area contributed by atoms with E-state index in [4.69, 9.17) is 5.11 Å². The van der Waals surface area contributed by atoms with E-state index in [1.807, 2.05) is 6.92 Å². The lowest BCUT2D eigenvalue weighted by Crippen LogP contribution is -2.46. The van der Waals surface area contributed by atoms with Gasteiger partial charge in [0.05, 0.1) is 18.7 Å². The number of nitrogens with one attached hydrogen (secondary N) is 1. The van der Waals surface area contributed by atoms with Crippen LogP contribution in [0, 0.1) is 16.7 Å². The summed E-state index contributed by atoms with van der Waals surface area (Å²) in [7, 11) is 0. The normalized spacial score (nSPS) is 21.0. The van der Waals surface area contributed by atoms with E-state index >= 15 is 0 Å². The minimum absolute atomic E-state index is 0.0657. The summed E-state index contributed by atoms with van der Waals surface area (Å²) in [5, 5.41) is 21.2. The predicted octanol–water partition coefficient (Wildman–Crippen LogP) is 1.74. The summed E-state index contributed by atoms with van der Waals surface area (Å²) >= 11 is 0. The molecule has 1 aliphatic carbocycles. The third kappa shape index (κ3) is 3.44. The number of amides is 1. The zero-order chi connectivity index (χ0) is 12.7. The number of carbonyl (C=O) groups excluding carboxylic acids is 1. The first-order chi connectivity index (χ1) is 8.18.